The second-order valence-electron chi connectivity index (χ2n) is 7.35. The van der Waals surface area contributed by atoms with E-state index >= 15 is 0 Å². The number of amidine groups is 1. The van der Waals surface area contributed by atoms with Crippen molar-refractivity contribution in [3.05, 3.63) is 0 Å². The second kappa shape index (κ2) is 6.15. The molecule has 0 aromatic heterocycles. The summed E-state index contributed by atoms with van der Waals surface area (Å²) >= 11 is 0. The first-order valence-electron chi connectivity index (χ1n) is 7.71. The molecule has 1 rings (SSSR count). The van der Waals surface area contributed by atoms with E-state index in [1.165, 1.54) is 25.1 Å². The summed E-state index contributed by atoms with van der Waals surface area (Å²) in [4.78, 5) is 2.28. The average molecular weight is 267 g/mol. The molecule has 0 aromatic carbocycles. The average Bonchev–Trinajstić information content (AvgIpc) is 2.35. The smallest absolute Gasteiger partial charge is 0.124 e. The second-order valence-corrected chi connectivity index (χ2v) is 7.35. The quantitative estimate of drug-likeness (QED) is 0.757. The number of hydrazone groups is 1. The molecule has 1 unspecified atom stereocenters. The van der Waals surface area contributed by atoms with Crippen LogP contribution in [0.15, 0.2) is 5.10 Å². The van der Waals surface area contributed by atoms with Gasteiger partial charge in [0.2, 0.25) is 0 Å². The van der Waals surface area contributed by atoms with Gasteiger partial charge in [-0.25, -0.2) is 0 Å². The molecule has 1 heterocycles. The Kier molecular flexibility index (Phi) is 5.28. The van der Waals surface area contributed by atoms with Crippen molar-refractivity contribution in [1.82, 2.24) is 9.91 Å². The molecule has 0 amide bonds. The lowest BCUT2D eigenvalue weighted by atomic mass is 9.70. The third-order valence-corrected chi connectivity index (χ3v) is 4.57. The molecule has 3 heteroatoms. The molecule has 1 aliphatic heterocycles. The van der Waals surface area contributed by atoms with Crippen LogP contribution in [0.4, 0.5) is 0 Å². The fraction of sp³-hybridized carbons (Fsp3) is 0.938. The third-order valence-electron chi connectivity index (χ3n) is 4.57. The summed E-state index contributed by atoms with van der Waals surface area (Å²) < 4.78 is 0. The van der Waals surface area contributed by atoms with E-state index < -0.39 is 0 Å². The first-order valence-corrected chi connectivity index (χ1v) is 7.71. The van der Waals surface area contributed by atoms with Crippen LogP contribution in [0.5, 0.6) is 0 Å². The number of nitrogens with zero attached hydrogens (tertiary/aromatic N) is 3. The summed E-state index contributed by atoms with van der Waals surface area (Å²) in [5, 5.41) is 6.98. The van der Waals surface area contributed by atoms with E-state index in [1.54, 1.807) is 0 Å². The predicted octanol–water partition coefficient (Wildman–Crippen LogP) is 3.81. The fourth-order valence-corrected chi connectivity index (χ4v) is 3.37. The molecule has 0 saturated carbocycles. The Labute approximate surface area is 120 Å². The van der Waals surface area contributed by atoms with Crippen molar-refractivity contribution in [2.45, 2.75) is 60.3 Å². The molecule has 0 bridgehead atoms. The van der Waals surface area contributed by atoms with Gasteiger partial charge in [0.25, 0.3) is 0 Å². The Morgan fingerprint density at radius 1 is 1.26 bits per heavy atom. The summed E-state index contributed by atoms with van der Waals surface area (Å²) in [6.45, 7) is 13.8. The van der Waals surface area contributed by atoms with Crippen LogP contribution in [-0.4, -0.2) is 42.9 Å². The lowest BCUT2D eigenvalue weighted by molar-refractivity contribution is 0.124. The van der Waals surface area contributed by atoms with Gasteiger partial charge in [-0.05, 0) is 30.6 Å². The maximum atomic E-state index is 4.84. The molecule has 0 radical (unpaired) electrons. The Hall–Kier alpha value is -0.730. The molecule has 3 nitrogen and oxygen atoms in total. The lowest BCUT2D eigenvalue weighted by Crippen LogP contribution is -2.33. The van der Waals surface area contributed by atoms with Gasteiger partial charge in [0.15, 0.2) is 0 Å². The van der Waals surface area contributed by atoms with Crippen LogP contribution in [0.2, 0.25) is 0 Å². The standard InChI is InChI=1S/C16H33N3/c1-8-16(5)11-10-14(18(6)9-2)17-19(7)13-15(3,4)12-16/h8-13H2,1-7H3/b17-14+. The molecule has 0 N–H and O–H groups in total. The topological polar surface area (TPSA) is 18.8 Å². The predicted molar refractivity (Wildman–Crippen MR) is 84.4 cm³/mol. The molecular weight excluding hydrogens is 234 g/mol. The zero-order valence-corrected chi connectivity index (χ0v) is 14.1. The van der Waals surface area contributed by atoms with Gasteiger partial charge in [0.05, 0.1) is 0 Å². The Morgan fingerprint density at radius 3 is 2.42 bits per heavy atom. The normalized spacial score (nSPS) is 30.9. The van der Waals surface area contributed by atoms with Gasteiger partial charge in [0, 0.05) is 33.6 Å². The minimum Gasteiger partial charge on any atom is -0.362 e. The fourth-order valence-electron chi connectivity index (χ4n) is 3.37. The van der Waals surface area contributed by atoms with Crippen LogP contribution < -0.4 is 0 Å². The van der Waals surface area contributed by atoms with E-state index in [0.717, 1.165) is 19.5 Å². The van der Waals surface area contributed by atoms with Crippen LogP contribution in [0.25, 0.3) is 0 Å². The largest absolute Gasteiger partial charge is 0.362 e. The molecule has 0 fully saturated rings. The Morgan fingerprint density at radius 2 is 1.89 bits per heavy atom. The Bertz CT molecular complexity index is 322. The third kappa shape index (κ3) is 4.70. The minimum atomic E-state index is 0.323. The van der Waals surface area contributed by atoms with E-state index in [4.69, 9.17) is 5.10 Å². The summed E-state index contributed by atoms with van der Waals surface area (Å²) in [5.74, 6) is 1.24. The maximum absolute atomic E-state index is 4.84. The first kappa shape index (κ1) is 16.3. The van der Waals surface area contributed by atoms with Gasteiger partial charge in [-0.1, -0.05) is 34.1 Å². The van der Waals surface area contributed by atoms with Gasteiger partial charge in [0.1, 0.15) is 5.84 Å². The van der Waals surface area contributed by atoms with Crippen molar-refractivity contribution in [3.63, 3.8) is 0 Å². The molecule has 1 atom stereocenters. The van der Waals surface area contributed by atoms with Crippen LogP contribution in [0.1, 0.15) is 60.3 Å². The highest BCUT2D eigenvalue weighted by Gasteiger charge is 2.33. The van der Waals surface area contributed by atoms with E-state index in [-0.39, 0.29) is 0 Å². The van der Waals surface area contributed by atoms with Gasteiger partial charge < -0.3 is 4.90 Å². The zero-order chi connectivity index (χ0) is 14.7. The summed E-state index contributed by atoms with van der Waals surface area (Å²) in [7, 11) is 4.26. The van der Waals surface area contributed by atoms with E-state index in [0.29, 0.717) is 10.8 Å². The molecule has 19 heavy (non-hydrogen) atoms. The van der Waals surface area contributed by atoms with Crippen molar-refractivity contribution in [2.75, 3.05) is 27.2 Å². The highest BCUT2D eigenvalue weighted by molar-refractivity contribution is 5.81. The molecule has 0 aromatic rings. The molecule has 0 aliphatic carbocycles. The number of hydrogen-bond donors (Lipinski definition) is 0. The highest BCUT2D eigenvalue weighted by Crippen LogP contribution is 2.41. The van der Waals surface area contributed by atoms with Crippen molar-refractivity contribution >= 4 is 5.84 Å². The van der Waals surface area contributed by atoms with E-state index in [9.17, 15) is 0 Å². The molecular formula is C16H33N3. The van der Waals surface area contributed by atoms with Crippen LogP contribution in [0.3, 0.4) is 0 Å². The molecule has 112 valence electrons. The molecule has 1 aliphatic rings. The highest BCUT2D eigenvalue weighted by atomic mass is 15.5. The van der Waals surface area contributed by atoms with E-state index in [2.05, 4.69) is 58.6 Å². The summed E-state index contributed by atoms with van der Waals surface area (Å²) in [5.41, 5.74) is 0.757. The maximum Gasteiger partial charge on any atom is 0.124 e. The van der Waals surface area contributed by atoms with Crippen molar-refractivity contribution in [1.29, 1.82) is 0 Å². The Balaban J connectivity index is 2.99. The lowest BCUT2D eigenvalue weighted by Gasteiger charge is -2.37. The minimum absolute atomic E-state index is 0.323. The van der Waals surface area contributed by atoms with Gasteiger partial charge in [-0.2, -0.15) is 5.10 Å². The monoisotopic (exact) mass is 267 g/mol. The van der Waals surface area contributed by atoms with Gasteiger partial charge in [-0.3, -0.25) is 5.01 Å². The first-order chi connectivity index (χ1) is 8.71. The summed E-state index contributed by atoms with van der Waals surface area (Å²) in [6, 6.07) is 0. The SMILES string of the molecule is CCN(C)/C1=N/N(C)CC(C)(C)CC(C)(CC)CC1. The van der Waals surface area contributed by atoms with Crippen LogP contribution >= 0.6 is 0 Å². The number of hydrogen-bond acceptors (Lipinski definition) is 3. The molecule has 0 spiro atoms. The zero-order valence-electron chi connectivity index (χ0n) is 14.1. The van der Waals surface area contributed by atoms with Crippen molar-refractivity contribution < 1.29 is 0 Å². The van der Waals surface area contributed by atoms with Gasteiger partial charge >= 0.3 is 0 Å². The van der Waals surface area contributed by atoms with Crippen molar-refractivity contribution in [2.24, 2.45) is 15.9 Å². The van der Waals surface area contributed by atoms with Crippen LogP contribution in [-0.2, 0) is 0 Å². The van der Waals surface area contributed by atoms with Crippen LogP contribution in [0, 0.1) is 10.8 Å². The van der Waals surface area contributed by atoms with E-state index in [1.807, 2.05) is 0 Å². The molecule has 0 saturated heterocycles. The number of rotatable bonds is 2. The van der Waals surface area contributed by atoms with Crippen molar-refractivity contribution in [3.8, 4) is 0 Å². The van der Waals surface area contributed by atoms with Gasteiger partial charge in [-0.15, -0.1) is 0 Å². The summed E-state index contributed by atoms with van der Waals surface area (Å²) in [6.07, 6.45) is 4.86.